The van der Waals surface area contributed by atoms with E-state index >= 15 is 0 Å². The fraction of sp³-hybridized carbons (Fsp3) is 0.688. The van der Waals surface area contributed by atoms with Gasteiger partial charge in [0.2, 0.25) is 0 Å². The Morgan fingerprint density at radius 1 is 1.20 bits per heavy atom. The van der Waals surface area contributed by atoms with Crippen LogP contribution < -0.4 is 9.64 Å². The highest BCUT2D eigenvalue weighted by atomic mass is 19.1. The number of nitrogens with zero attached hydrogens (tertiary/aromatic N) is 7. The van der Waals surface area contributed by atoms with Gasteiger partial charge in [0.15, 0.2) is 5.82 Å². The van der Waals surface area contributed by atoms with Gasteiger partial charge in [-0.2, -0.15) is 0 Å². The first-order valence-corrected chi connectivity index (χ1v) is 15.8. The number of likely N-dealkylation sites (tertiary alicyclic amines) is 1. The molecule has 1 spiro atoms. The molecule has 12 heteroatoms. The molecule has 244 valence electrons. The predicted molar refractivity (Wildman–Crippen MR) is 168 cm³/mol. The van der Waals surface area contributed by atoms with E-state index in [9.17, 15) is 14.3 Å². The predicted octanol–water partition coefficient (Wildman–Crippen LogP) is 3.54. The number of aliphatic hydroxyl groups is 1. The first kappa shape index (κ1) is 34.0. The van der Waals surface area contributed by atoms with Crippen LogP contribution in [0.15, 0.2) is 24.5 Å². The summed E-state index contributed by atoms with van der Waals surface area (Å²) in [4.78, 5) is 26.3. The van der Waals surface area contributed by atoms with Gasteiger partial charge in [-0.25, -0.2) is 9.37 Å². The van der Waals surface area contributed by atoms with Gasteiger partial charge in [-0.3, -0.25) is 9.69 Å². The smallest absolute Gasteiger partial charge is 0.282 e. The van der Waals surface area contributed by atoms with E-state index in [2.05, 4.69) is 43.7 Å². The van der Waals surface area contributed by atoms with Crippen LogP contribution in [0.5, 0.6) is 11.6 Å². The zero-order valence-corrected chi connectivity index (χ0v) is 27.4. The Balaban J connectivity index is 1.43. The molecule has 4 rings (SSSR count). The monoisotopic (exact) mass is 615 g/mol. The lowest BCUT2D eigenvalue weighted by atomic mass is 9.76. The summed E-state index contributed by atoms with van der Waals surface area (Å²) >= 11 is 0. The van der Waals surface area contributed by atoms with Gasteiger partial charge >= 0.3 is 0 Å². The zero-order chi connectivity index (χ0) is 32.0. The van der Waals surface area contributed by atoms with Gasteiger partial charge in [0.1, 0.15) is 17.9 Å². The van der Waals surface area contributed by atoms with Crippen LogP contribution in [-0.2, 0) is 4.74 Å². The Bertz CT molecular complexity index is 1240. The quantitative estimate of drug-likeness (QED) is 0.320. The van der Waals surface area contributed by atoms with Crippen LogP contribution in [0.1, 0.15) is 57.8 Å². The number of carbonyl (C=O) groups is 1. The van der Waals surface area contributed by atoms with Crippen molar-refractivity contribution in [3.05, 3.63) is 35.9 Å². The van der Waals surface area contributed by atoms with Crippen LogP contribution in [0.25, 0.3) is 0 Å². The van der Waals surface area contributed by atoms with Crippen molar-refractivity contribution >= 4 is 11.7 Å². The second-order valence-corrected chi connectivity index (χ2v) is 13.0. The number of ether oxygens (including phenoxy) is 2. The van der Waals surface area contributed by atoms with Gasteiger partial charge in [-0.15, -0.1) is 10.2 Å². The largest absolute Gasteiger partial charge is 0.434 e. The highest BCUT2D eigenvalue weighted by Gasteiger charge is 2.50. The lowest BCUT2D eigenvalue weighted by Gasteiger charge is -2.53. The van der Waals surface area contributed by atoms with E-state index in [1.807, 2.05) is 27.8 Å². The molecule has 11 nitrogen and oxygen atoms in total. The molecule has 3 heterocycles. The van der Waals surface area contributed by atoms with Crippen LogP contribution in [0, 0.1) is 17.2 Å². The fourth-order valence-electron chi connectivity index (χ4n) is 6.62. The van der Waals surface area contributed by atoms with Crippen molar-refractivity contribution in [3.63, 3.8) is 0 Å². The van der Waals surface area contributed by atoms with Gasteiger partial charge in [0.05, 0.1) is 18.3 Å². The summed E-state index contributed by atoms with van der Waals surface area (Å²) in [5.74, 6) is 0.561. The van der Waals surface area contributed by atoms with Crippen LogP contribution in [0.3, 0.4) is 0 Å². The lowest BCUT2D eigenvalue weighted by Crippen LogP contribution is -2.62. The van der Waals surface area contributed by atoms with Gasteiger partial charge < -0.3 is 29.3 Å². The Labute approximate surface area is 261 Å². The first-order chi connectivity index (χ1) is 21.0. The molecule has 2 fully saturated rings. The van der Waals surface area contributed by atoms with E-state index in [0.29, 0.717) is 37.5 Å². The number of methoxy groups -OCH3 is 1. The van der Waals surface area contributed by atoms with Gasteiger partial charge in [-0.1, -0.05) is 13.8 Å². The summed E-state index contributed by atoms with van der Waals surface area (Å²) in [6.45, 7) is 16.2. The number of halogens is 1. The molecule has 0 aliphatic carbocycles. The maximum Gasteiger partial charge on any atom is 0.282 e. The highest BCUT2D eigenvalue weighted by Crippen LogP contribution is 2.44. The number of amides is 1. The van der Waals surface area contributed by atoms with Crippen LogP contribution in [-0.4, -0.2) is 126 Å². The Morgan fingerprint density at radius 3 is 2.61 bits per heavy atom. The van der Waals surface area contributed by atoms with Gasteiger partial charge in [0.25, 0.3) is 11.8 Å². The number of likely N-dealkylation sites (N-methyl/N-ethyl adjacent to an activating group) is 1. The third kappa shape index (κ3) is 8.01. The summed E-state index contributed by atoms with van der Waals surface area (Å²) < 4.78 is 25.6. The van der Waals surface area contributed by atoms with Crippen molar-refractivity contribution in [1.29, 1.82) is 0 Å². The van der Waals surface area contributed by atoms with Crippen molar-refractivity contribution in [3.8, 4) is 11.6 Å². The van der Waals surface area contributed by atoms with Crippen molar-refractivity contribution < 1.29 is 23.8 Å². The molecule has 2 aromatic rings. The summed E-state index contributed by atoms with van der Waals surface area (Å²) in [7, 11) is 3.70. The number of benzene rings is 1. The van der Waals surface area contributed by atoms with Gasteiger partial charge in [0, 0.05) is 70.4 Å². The number of aliphatic hydroxyl groups excluding tert-OH is 1. The van der Waals surface area contributed by atoms with E-state index in [4.69, 9.17) is 9.47 Å². The normalized spacial score (nSPS) is 17.9. The number of anilines is 1. The molecule has 1 amide bonds. The molecule has 0 bridgehead atoms. The third-order valence-corrected chi connectivity index (χ3v) is 8.94. The average molecular weight is 616 g/mol. The second-order valence-electron chi connectivity index (χ2n) is 13.0. The molecule has 2 aliphatic heterocycles. The maximum atomic E-state index is 14.3. The molecule has 1 aromatic carbocycles. The summed E-state index contributed by atoms with van der Waals surface area (Å²) in [5.41, 5.74) is 0.252. The number of carbonyl (C=O) groups excluding carboxylic acids is 1. The summed E-state index contributed by atoms with van der Waals surface area (Å²) in [6.07, 6.45) is 2.73. The average Bonchev–Trinajstić information content (AvgIpc) is 3.41. The topological polar surface area (TPSA) is 107 Å². The van der Waals surface area contributed by atoms with E-state index < -0.39 is 11.9 Å². The molecular weight excluding hydrogens is 565 g/mol. The standard InChI is InChI=1S/C32H50FN7O4/c1-8-40(23(4)5)31(42)26-15-24(33)9-10-28(26)44-30-29(34-21-35-36-30)38-12-11-32(18-38)19-39(20-32)27(22(2)3)16-25(41)17-37(6)13-14-43-7/h9-10,15,21-23,25,27,41H,8,11-14,16-20H2,1-7H3/t25-,27+/m1/s1. The van der Waals surface area contributed by atoms with Crippen molar-refractivity contribution in [2.45, 2.75) is 65.6 Å². The lowest BCUT2D eigenvalue weighted by molar-refractivity contribution is -0.0484. The molecule has 1 N–H and O–H groups in total. The van der Waals surface area contributed by atoms with E-state index in [1.165, 1.54) is 24.5 Å². The molecule has 1 aromatic heterocycles. The Kier molecular flexibility index (Phi) is 11.5. The van der Waals surface area contributed by atoms with E-state index in [0.717, 1.165) is 45.6 Å². The van der Waals surface area contributed by atoms with Crippen LogP contribution in [0.4, 0.5) is 10.2 Å². The molecule has 0 unspecified atom stereocenters. The minimum absolute atomic E-state index is 0.0546. The number of rotatable bonds is 15. The molecule has 0 radical (unpaired) electrons. The number of hydrogen-bond donors (Lipinski definition) is 1. The molecule has 0 saturated carbocycles. The Morgan fingerprint density at radius 2 is 1.95 bits per heavy atom. The number of aromatic nitrogens is 3. The molecule has 2 aliphatic rings. The maximum absolute atomic E-state index is 14.3. The summed E-state index contributed by atoms with van der Waals surface area (Å²) in [5, 5.41) is 19.0. The molecule has 44 heavy (non-hydrogen) atoms. The minimum atomic E-state index is -0.514. The minimum Gasteiger partial charge on any atom is -0.434 e. The fourth-order valence-corrected chi connectivity index (χ4v) is 6.62. The molecule has 2 atom stereocenters. The third-order valence-electron chi connectivity index (χ3n) is 8.94. The first-order valence-electron chi connectivity index (χ1n) is 15.8. The van der Waals surface area contributed by atoms with Gasteiger partial charge in [-0.05, 0) is 64.8 Å². The zero-order valence-electron chi connectivity index (χ0n) is 27.4. The highest BCUT2D eigenvalue weighted by molar-refractivity contribution is 5.97. The number of hydrogen-bond acceptors (Lipinski definition) is 10. The second kappa shape index (κ2) is 14.9. The molecule has 2 saturated heterocycles. The SMILES string of the molecule is CCN(C(=O)c1cc(F)ccc1Oc1nncnc1N1CCC2(C1)CN([C@@H](C[C@@H](O)CN(C)CCOC)C(C)C)C2)C(C)C. The summed E-state index contributed by atoms with van der Waals surface area (Å²) in [6, 6.07) is 4.18. The van der Waals surface area contributed by atoms with E-state index in [1.54, 1.807) is 12.0 Å². The Hall–Kier alpha value is -2.93. The van der Waals surface area contributed by atoms with Crippen molar-refractivity contribution in [2.24, 2.45) is 11.3 Å². The molecular formula is C32H50FN7O4. The van der Waals surface area contributed by atoms with Crippen molar-refractivity contribution in [1.82, 2.24) is 29.9 Å². The van der Waals surface area contributed by atoms with Crippen LogP contribution in [0.2, 0.25) is 0 Å². The van der Waals surface area contributed by atoms with Crippen LogP contribution >= 0.6 is 0 Å². The van der Waals surface area contributed by atoms with E-state index in [-0.39, 0.29) is 34.6 Å². The van der Waals surface area contributed by atoms with Crippen molar-refractivity contribution in [2.75, 3.05) is 71.5 Å².